The van der Waals surface area contributed by atoms with Gasteiger partial charge in [0.1, 0.15) is 5.56 Å². The fourth-order valence-corrected chi connectivity index (χ4v) is 4.14. The predicted octanol–water partition coefficient (Wildman–Crippen LogP) is 6.77. The summed E-state index contributed by atoms with van der Waals surface area (Å²) in [6.07, 6.45) is -2.53. The maximum Gasteiger partial charge on any atom is 0.420 e. The van der Waals surface area contributed by atoms with Crippen LogP contribution in [0.5, 0.6) is 0 Å². The molecule has 0 unspecified atom stereocenters. The Balaban J connectivity index is 0.000000213. The quantitative estimate of drug-likeness (QED) is 0.179. The molecule has 0 aliphatic rings. The number of aromatic carboxylic acids is 1. The summed E-state index contributed by atoms with van der Waals surface area (Å²) in [4.78, 5) is 22.9. The number of esters is 1. The van der Waals surface area contributed by atoms with Gasteiger partial charge in [0, 0.05) is 8.95 Å². The number of carboxylic acids is 1. The molecule has 0 bridgehead atoms. The molecule has 2 aromatic carbocycles. The minimum atomic E-state index is -4.68. The molecule has 2 heterocycles. The molecule has 14 heteroatoms. The van der Waals surface area contributed by atoms with Crippen LogP contribution in [0, 0.1) is 3.57 Å². The third-order valence-corrected chi connectivity index (χ3v) is 6.46. The third kappa shape index (κ3) is 6.98. The summed E-state index contributed by atoms with van der Waals surface area (Å²) in [5, 5.41) is 16.8. The van der Waals surface area contributed by atoms with Crippen molar-refractivity contribution in [1.82, 2.24) is 19.6 Å². The fraction of sp³-hybridized carbons (Fsp3) is 0.130. The molecular weight excluding hydrogens is 740 g/mol. The lowest BCUT2D eigenvalue weighted by Gasteiger charge is -2.10. The van der Waals surface area contributed by atoms with Crippen molar-refractivity contribution in [3.05, 3.63) is 90.4 Å². The SMILES string of the molecule is CCOC(=O)c1c(C(F)(F)F)cnn1-c1ccc(Br)cc1.O=C(O)c1c(I)cnn1-c1ccc(Br)cc1. The molecule has 8 nitrogen and oxygen atoms in total. The highest BCUT2D eigenvalue weighted by Crippen LogP contribution is 2.33. The van der Waals surface area contributed by atoms with Gasteiger partial charge in [-0.15, -0.1) is 0 Å². The zero-order valence-corrected chi connectivity index (χ0v) is 24.0. The van der Waals surface area contributed by atoms with E-state index in [4.69, 9.17) is 9.84 Å². The van der Waals surface area contributed by atoms with Crippen LogP contribution in [-0.4, -0.2) is 43.2 Å². The number of hydrogen-bond acceptors (Lipinski definition) is 5. The van der Waals surface area contributed by atoms with Crippen LogP contribution < -0.4 is 0 Å². The Labute approximate surface area is 238 Å². The van der Waals surface area contributed by atoms with E-state index < -0.39 is 29.4 Å². The summed E-state index contributed by atoms with van der Waals surface area (Å²) in [5.41, 5.74) is -0.515. The lowest BCUT2D eigenvalue weighted by Crippen LogP contribution is -2.17. The maximum absolute atomic E-state index is 13.0. The summed E-state index contributed by atoms with van der Waals surface area (Å²) in [6, 6.07) is 13.7. The second kappa shape index (κ2) is 12.2. The van der Waals surface area contributed by atoms with Crippen LogP contribution in [-0.2, 0) is 10.9 Å². The first kappa shape index (κ1) is 28.8. The van der Waals surface area contributed by atoms with Gasteiger partial charge in [0.2, 0.25) is 0 Å². The summed E-state index contributed by atoms with van der Waals surface area (Å²) in [6.45, 7) is 1.49. The van der Waals surface area contributed by atoms with E-state index in [1.807, 2.05) is 34.7 Å². The Kier molecular flexibility index (Phi) is 9.52. The lowest BCUT2D eigenvalue weighted by atomic mass is 10.2. The molecule has 37 heavy (non-hydrogen) atoms. The molecule has 0 spiro atoms. The molecule has 2 aromatic heterocycles. The fourth-order valence-electron chi connectivity index (χ4n) is 3.03. The molecule has 0 aliphatic heterocycles. The Hall–Kier alpha value is -2.72. The Morgan fingerprint density at radius 1 is 0.919 bits per heavy atom. The number of carboxylic acid groups (broad SMARTS) is 1. The van der Waals surface area contributed by atoms with Crippen molar-refractivity contribution in [2.75, 3.05) is 6.61 Å². The number of carbonyl (C=O) groups excluding carboxylic acids is 1. The van der Waals surface area contributed by atoms with Crippen LogP contribution in [0.2, 0.25) is 0 Å². The monoisotopic (exact) mass is 754 g/mol. The van der Waals surface area contributed by atoms with Gasteiger partial charge in [-0.25, -0.2) is 19.0 Å². The van der Waals surface area contributed by atoms with E-state index >= 15 is 0 Å². The Bertz CT molecular complexity index is 1410. The van der Waals surface area contributed by atoms with Gasteiger partial charge in [0.15, 0.2) is 11.4 Å². The molecule has 4 rings (SSSR count). The van der Waals surface area contributed by atoms with E-state index in [0.717, 1.165) is 19.3 Å². The van der Waals surface area contributed by atoms with E-state index in [0.29, 0.717) is 15.5 Å². The number of ether oxygens (including phenoxy) is 1. The summed E-state index contributed by atoms with van der Waals surface area (Å²) >= 11 is 8.51. The second-order valence-electron chi connectivity index (χ2n) is 7.05. The van der Waals surface area contributed by atoms with Crippen molar-refractivity contribution >= 4 is 66.4 Å². The van der Waals surface area contributed by atoms with Crippen LogP contribution in [0.15, 0.2) is 69.9 Å². The molecule has 0 saturated heterocycles. The summed E-state index contributed by atoms with van der Waals surface area (Å²) in [5.74, 6) is -2.05. The van der Waals surface area contributed by atoms with Crippen molar-refractivity contribution in [2.45, 2.75) is 13.1 Å². The number of halogens is 6. The van der Waals surface area contributed by atoms with Gasteiger partial charge in [-0.05, 0) is 78.0 Å². The van der Waals surface area contributed by atoms with Gasteiger partial charge in [-0.2, -0.15) is 23.4 Å². The Morgan fingerprint density at radius 3 is 1.81 bits per heavy atom. The molecular formula is C23H16Br2F3IN4O4. The zero-order chi connectivity index (χ0) is 27.3. The first-order valence-electron chi connectivity index (χ1n) is 10.2. The summed E-state index contributed by atoms with van der Waals surface area (Å²) < 4.78 is 48.3. The van der Waals surface area contributed by atoms with Gasteiger partial charge >= 0.3 is 18.1 Å². The number of carbonyl (C=O) groups is 2. The van der Waals surface area contributed by atoms with E-state index in [1.54, 1.807) is 36.4 Å². The third-order valence-electron chi connectivity index (χ3n) is 4.61. The van der Waals surface area contributed by atoms with Crippen molar-refractivity contribution in [2.24, 2.45) is 0 Å². The van der Waals surface area contributed by atoms with Gasteiger partial charge in [-0.1, -0.05) is 31.9 Å². The highest BCUT2D eigenvalue weighted by Gasteiger charge is 2.39. The molecule has 0 radical (unpaired) electrons. The molecule has 194 valence electrons. The summed E-state index contributed by atoms with van der Waals surface area (Å²) in [7, 11) is 0. The molecule has 0 aliphatic carbocycles. The highest BCUT2D eigenvalue weighted by atomic mass is 127. The standard InChI is InChI=1S/C13H10BrF3N2O2.C10H6BrIN2O2/c1-2-21-12(20)11-10(13(15,16)17)7-18-19(11)9-5-3-8(14)4-6-9;11-6-1-3-7(4-2-6)14-9(10(15)16)8(12)5-13-14/h3-7H,2H2,1H3;1-5H,(H,15,16). The van der Waals surface area contributed by atoms with Gasteiger partial charge in [0.25, 0.3) is 0 Å². The van der Waals surface area contributed by atoms with Crippen LogP contribution >= 0.6 is 54.5 Å². The van der Waals surface area contributed by atoms with Crippen molar-refractivity contribution in [1.29, 1.82) is 0 Å². The van der Waals surface area contributed by atoms with Crippen LogP contribution in [0.1, 0.15) is 33.5 Å². The van der Waals surface area contributed by atoms with Gasteiger partial charge in [0.05, 0.1) is 33.9 Å². The van der Waals surface area contributed by atoms with Gasteiger partial charge in [-0.3, -0.25) is 0 Å². The highest BCUT2D eigenvalue weighted by molar-refractivity contribution is 14.1. The number of hydrogen-bond donors (Lipinski definition) is 1. The smallest absolute Gasteiger partial charge is 0.420 e. The van der Waals surface area contributed by atoms with Crippen LogP contribution in [0.3, 0.4) is 0 Å². The van der Waals surface area contributed by atoms with Crippen molar-refractivity contribution in [3.63, 3.8) is 0 Å². The number of rotatable bonds is 5. The average molecular weight is 756 g/mol. The van der Waals surface area contributed by atoms with Crippen LogP contribution in [0.25, 0.3) is 11.4 Å². The minimum Gasteiger partial charge on any atom is -0.476 e. The Morgan fingerprint density at radius 2 is 1.38 bits per heavy atom. The van der Waals surface area contributed by atoms with Crippen molar-refractivity contribution < 1.29 is 32.6 Å². The molecule has 0 atom stereocenters. The topological polar surface area (TPSA) is 99.2 Å². The molecule has 0 fully saturated rings. The normalized spacial score (nSPS) is 11.0. The number of alkyl halides is 3. The zero-order valence-electron chi connectivity index (χ0n) is 18.7. The maximum atomic E-state index is 13.0. The first-order chi connectivity index (χ1) is 17.4. The largest absolute Gasteiger partial charge is 0.476 e. The lowest BCUT2D eigenvalue weighted by molar-refractivity contribution is -0.138. The molecule has 4 aromatic rings. The minimum absolute atomic E-state index is 0.0261. The van der Waals surface area contributed by atoms with E-state index in [1.165, 1.54) is 17.8 Å². The van der Waals surface area contributed by atoms with Crippen LogP contribution in [0.4, 0.5) is 13.2 Å². The van der Waals surface area contributed by atoms with E-state index in [2.05, 4.69) is 42.1 Å². The number of nitrogens with zero attached hydrogens (tertiary/aromatic N) is 4. The number of aromatic nitrogens is 4. The van der Waals surface area contributed by atoms with E-state index in [-0.39, 0.29) is 12.3 Å². The second-order valence-corrected chi connectivity index (χ2v) is 10.0. The first-order valence-corrected chi connectivity index (χ1v) is 12.9. The van der Waals surface area contributed by atoms with Crippen molar-refractivity contribution in [3.8, 4) is 11.4 Å². The average Bonchev–Trinajstić information content (AvgIpc) is 3.45. The predicted molar refractivity (Wildman–Crippen MR) is 143 cm³/mol. The number of benzene rings is 2. The molecule has 1 N–H and O–H groups in total. The molecule has 0 amide bonds. The van der Waals surface area contributed by atoms with Gasteiger partial charge < -0.3 is 9.84 Å². The molecule has 0 saturated carbocycles. The van der Waals surface area contributed by atoms with E-state index in [9.17, 15) is 22.8 Å².